The second-order valence-corrected chi connectivity index (χ2v) is 5.18. The van der Waals surface area contributed by atoms with Crippen LogP contribution in [-0.4, -0.2) is 24.5 Å². The topological polar surface area (TPSA) is 41.1 Å². The molecule has 15 heavy (non-hydrogen) atoms. The largest absolute Gasteiger partial charge is 0.352 e. The molecule has 2 N–H and O–H groups in total. The first-order valence-electron chi connectivity index (χ1n) is 6.04. The van der Waals surface area contributed by atoms with Gasteiger partial charge in [0.2, 0.25) is 5.91 Å². The van der Waals surface area contributed by atoms with E-state index in [1.54, 1.807) is 0 Å². The van der Waals surface area contributed by atoms with Gasteiger partial charge in [0.1, 0.15) is 0 Å². The smallest absolute Gasteiger partial charge is 0.237 e. The van der Waals surface area contributed by atoms with Crippen LogP contribution in [0.15, 0.2) is 0 Å². The molecule has 0 aromatic rings. The van der Waals surface area contributed by atoms with Crippen molar-refractivity contribution in [1.82, 2.24) is 10.6 Å². The van der Waals surface area contributed by atoms with E-state index in [1.807, 2.05) is 0 Å². The average Bonchev–Trinajstić information content (AvgIpc) is 2.17. The zero-order valence-electron chi connectivity index (χ0n) is 10.3. The number of carbonyl (C=O) groups excluding carboxylic acids is 1. The molecular formula is C12H24N2O. The van der Waals surface area contributed by atoms with E-state index in [0.29, 0.717) is 11.8 Å². The first kappa shape index (κ1) is 12.5. The minimum Gasteiger partial charge on any atom is -0.352 e. The molecule has 88 valence electrons. The van der Waals surface area contributed by atoms with Crippen molar-refractivity contribution >= 4 is 5.91 Å². The van der Waals surface area contributed by atoms with Crippen LogP contribution in [0.4, 0.5) is 0 Å². The van der Waals surface area contributed by atoms with E-state index in [0.717, 1.165) is 13.0 Å². The molecule has 0 spiro atoms. The molecular weight excluding hydrogens is 188 g/mol. The van der Waals surface area contributed by atoms with E-state index in [2.05, 4.69) is 38.3 Å². The fourth-order valence-electron chi connectivity index (χ4n) is 1.80. The number of hydrogen-bond donors (Lipinski definition) is 2. The highest BCUT2D eigenvalue weighted by molar-refractivity contribution is 5.82. The number of piperidine rings is 1. The third-order valence-corrected chi connectivity index (χ3v) is 3.35. The van der Waals surface area contributed by atoms with E-state index in [4.69, 9.17) is 0 Å². The highest BCUT2D eigenvalue weighted by atomic mass is 16.2. The molecule has 0 aromatic carbocycles. The van der Waals surface area contributed by atoms with Crippen LogP contribution in [0.25, 0.3) is 0 Å². The molecule has 0 aliphatic carbocycles. The third-order valence-electron chi connectivity index (χ3n) is 3.35. The Bertz CT molecular complexity index is 216. The summed E-state index contributed by atoms with van der Waals surface area (Å²) in [6.45, 7) is 9.50. The summed E-state index contributed by atoms with van der Waals surface area (Å²) in [6.07, 6.45) is 2.15. The highest BCUT2D eigenvalue weighted by Gasteiger charge is 2.25. The van der Waals surface area contributed by atoms with E-state index >= 15 is 0 Å². The summed E-state index contributed by atoms with van der Waals surface area (Å²) < 4.78 is 0. The summed E-state index contributed by atoms with van der Waals surface area (Å²) >= 11 is 0. The summed E-state index contributed by atoms with van der Waals surface area (Å²) in [5.41, 5.74) is 0. The van der Waals surface area contributed by atoms with E-state index in [-0.39, 0.29) is 18.0 Å². The van der Waals surface area contributed by atoms with Crippen molar-refractivity contribution in [3.05, 3.63) is 0 Å². The van der Waals surface area contributed by atoms with Gasteiger partial charge in [-0.2, -0.15) is 0 Å². The van der Waals surface area contributed by atoms with Crippen LogP contribution in [0, 0.1) is 11.8 Å². The molecule has 1 aliphatic rings. The molecule has 1 heterocycles. The Labute approximate surface area is 93.0 Å². The lowest BCUT2D eigenvalue weighted by Gasteiger charge is -2.29. The summed E-state index contributed by atoms with van der Waals surface area (Å²) in [4.78, 5) is 11.9. The maximum Gasteiger partial charge on any atom is 0.237 e. The number of carbonyl (C=O) groups is 1. The van der Waals surface area contributed by atoms with Gasteiger partial charge in [-0.25, -0.2) is 0 Å². The molecule has 3 nitrogen and oxygen atoms in total. The molecule has 1 rings (SSSR count). The van der Waals surface area contributed by atoms with Gasteiger partial charge in [0.05, 0.1) is 6.04 Å². The first-order chi connectivity index (χ1) is 7.00. The van der Waals surface area contributed by atoms with Gasteiger partial charge >= 0.3 is 0 Å². The molecule has 0 radical (unpaired) electrons. The van der Waals surface area contributed by atoms with Gasteiger partial charge < -0.3 is 10.6 Å². The Morgan fingerprint density at radius 3 is 2.60 bits per heavy atom. The van der Waals surface area contributed by atoms with Gasteiger partial charge in [-0.1, -0.05) is 20.8 Å². The van der Waals surface area contributed by atoms with E-state index in [9.17, 15) is 4.79 Å². The number of amides is 1. The molecule has 3 unspecified atom stereocenters. The van der Waals surface area contributed by atoms with Crippen molar-refractivity contribution in [2.75, 3.05) is 6.54 Å². The lowest BCUT2D eigenvalue weighted by Crippen LogP contribution is -2.51. The van der Waals surface area contributed by atoms with Crippen molar-refractivity contribution < 1.29 is 4.79 Å². The summed E-state index contributed by atoms with van der Waals surface area (Å²) in [5.74, 6) is 1.33. The molecule has 1 aliphatic heterocycles. The maximum atomic E-state index is 11.9. The van der Waals surface area contributed by atoms with Crippen molar-refractivity contribution in [2.24, 2.45) is 11.8 Å². The zero-order valence-corrected chi connectivity index (χ0v) is 10.3. The predicted molar refractivity (Wildman–Crippen MR) is 62.6 cm³/mol. The normalized spacial score (nSPS) is 28.9. The molecule has 1 saturated heterocycles. The van der Waals surface area contributed by atoms with Crippen molar-refractivity contribution in [3.8, 4) is 0 Å². The molecule has 1 amide bonds. The molecule has 1 fully saturated rings. The summed E-state index contributed by atoms with van der Waals surface area (Å²) in [7, 11) is 0. The van der Waals surface area contributed by atoms with Crippen LogP contribution in [0.3, 0.4) is 0 Å². The van der Waals surface area contributed by atoms with Gasteiger partial charge in [0.25, 0.3) is 0 Å². The lowest BCUT2D eigenvalue weighted by atomic mass is 9.93. The molecule has 3 atom stereocenters. The van der Waals surface area contributed by atoms with Crippen LogP contribution >= 0.6 is 0 Å². The van der Waals surface area contributed by atoms with Gasteiger partial charge in [-0.15, -0.1) is 0 Å². The van der Waals surface area contributed by atoms with Crippen LogP contribution in [0.1, 0.15) is 40.5 Å². The Balaban J connectivity index is 2.39. The minimum atomic E-state index is 0.0231. The Morgan fingerprint density at radius 2 is 2.07 bits per heavy atom. The van der Waals surface area contributed by atoms with Crippen LogP contribution in [0.2, 0.25) is 0 Å². The number of hydrogen-bond acceptors (Lipinski definition) is 2. The fourth-order valence-corrected chi connectivity index (χ4v) is 1.80. The second kappa shape index (κ2) is 5.50. The van der Waals surface area contributed by atoms with Crippen LogP contribution in [-0.2, 0) is 4.79 Å². The van der Waals surface area contributed by atoms with Crippen molar-refractivity contribution in [2.45, 2.75) is 52.6 Å². The predicted octanol–water partition coefficient (Wildman–Crippen LogP) is 1.54. The van der Waals surface area contributed by atoms with E-state index < -0.39 is 0 Å². The zero-order chi connectivity index (χ0) is 11.4. The second-order valence-electron chi connectivity index (χ2n) is 5.18. The van der Waals surface area contributed by atoms with E-state index in [1.165, 1.54) is 6.42 Å². The van der Waals surface area contributed by atoms with Crippen LogP contribution in [0.5, 0.6) is 0 Å². The number of nitrogens with one attached hydrogen (secondary N) is 2. The lowest BCUT2D eigenvalue weighted by molar-refractivity contribution is -0.124. The average molecular weight is 212 g/mol. The van der Waals surface area contributed by atoms with Crippen molar-refractivity contribution in [3.63, 3.8) is 0 Å². The minimum absolute atomic E-state index is 0.0231. The highest BCUT2D eigenvalue weighted by Crippen LogP contribution is 2.15. The Kier molecular flexibility index (Phi) is 4.58. The summed E-state index contributed by atoms with van der Waals surface area (Å²) in [5, 5.41) is 6.35. The standard InChI is InChI=1S/C12H24N2O/c1-8(2)10(4)14-12(15)11-7-9(3)5-6-13-11/h8-11,13H,5-7H2,1-4H3,(H,14,15). The number of rotatable bonds is 3. The van der Waals surface area contributed by atoms with Crippen LogP contribution < -0.4 is 10.6 Å². The van der Waals surface area contributed by atoms with Gasteiger partial charge in [-0.05, 0) is 38.1 Å². The van der Waals surface area contributed by atoms with Gasteiger partial charge in [-0.3, -0.25) is 4.79 Å². The molecule has 3 heteroatoms. The SMILES string of the molecule is CC1CCNC(C(=O)NC(C)C(C)C)C1. The molecule has 0 saturated carbocycles. The Morgan fingerprint density at radius 1 is 1.40 bits per heavy atom. The van der Waals surface area contributed by atoms with Crippen molar-refractivity contribution in [1.29, 1.82) is 0 Å². The first-order valence-corrected chi connectivity index (χ1v) is 6.04. The van der Waals surface area contributed by atoms with Gasteiger partial charge in [0, 0.05) is 6.04 Å². The summed E-state index contributed by atoms with van der Waals surface area (Å²) in [6, 6.07) is 0.284. The molecule has 0 aromatic heterocycles. The monoisotopic (exact) mass is 212 g/mol. The Hall–Kier alpha value is -0.570. The third kappa shape index (κ3) is 3.82. The maximum absolute atomic E-state index is 11.9. The molecule has 0 bridgehead atoms. The quantitative estimate of drug-likeness (QED) is 0.745. The van der Waals surface area contributed by atoms with Gasteiger partial charge in [0.15, 0.2) is 0 Å². The fraction of sp³-hybridized carbons (Fsp3) is 0.917.